The molecule has 4 aromatic rings. The van der Waals surface area contributed by atoms with Crippen molar-refractivity contribution in [3.63, 3.8) is 0 Å². The lowest BCUT2D eigenvalue weighted by Crippen LogP contribution is -2.35. The van der Waals surface area contributed by atoms with Gasteiger partial charge in [0.1, 0.15) is 0 Å². The number of benzene rings is 3. The van der Waals surface area contributed by atoms with Crippen molar-refractivity contribution in [3.05, 3.63) is 102 Å². The van der Waals surface area contributed by atoms with Gasteiger partial charge in [-0.05, 0) is 42.7 Å². The second kappa shape index (κ2) is 9.07. The van der Waals surface area contributed by atoms with Gasteiger partial charge in [-0.1, -0.05) is 54.6 Å². The van der Waals surface area contributed by atoms with Gasteiger partial charge in [-0.3, -0.25) is 9.10 Å². The van der Waals surface area contributed by atoms with Gasteiger partial charge in [0, 0.05) is 17.7 Å². The summed E-state index contributed by atoms with van der Waals surface area (Å²) < 4.78 is 28.3. The summed E-state index contributed by atoms with van der Waals surface area (Å²) >= 11 is 0. The van der Waals surface area contributed by atoms with Crippen molar-refractivity contribution in [1.82, 2.24) is 9.97 Å². The van der Waals surface area contributed by atoms with E-state index in [-0.39, 0.29) is 10.5 Å². The van der Waals surface area contributed by atoms with Gasteiger partial charge in [-0.2, -0.15) is 0 Å². The first kappa shape index (κ1) is 21.8. The highest BCUT2D eigenvalue weighted by Crippen LogP contribution is 2.32. The molecular formula is C26H22N4O3S. The second-order valence-corrected chi connectivity index (χ2v) is 9.82. The smallest absolute Gasteiger partial charge is 0.264 e. The van der Waals surface area contributed by atoms with Gasteiger partial charge in [-0.25, -0.2) is 18.4 Å². The van der Waals surface area contributed by atoms with Crippen molar-refractivity contribution >= 4 is 27.3 Å². The second-order valence-electron chi connectivity index (χ2n) is 7.95. The van der Waals surface area contributed by atoms with Gasteiger partial charge in [0.25, 0.3) is 15.9 Å². The highest BCUT2D eigenvalue weighted by atomic mass is 32.2. The Morgan fingerprint density at radius 2 is 1.62 bits per heavy atom. The number of nitrogens with one attached hydrogen (secondary N) is 1. The van der Waals surface area contributed by atoms with Crippen LogP contribution in [0.4, 0.5) is 11.4 Å². The Kier molecular flexibility index (Phi) is 5.81. The number of hydrogen-bond acceptors (Lipinski definition) is 5. The molecule has 0 fully saturated rings. The Morgan fingerprint density at radius 1 is 0.882 bits per heavy atom. The Morgan fingerprint density at radius 3 is 2.41 bits per heavy atom. The Labute approximate surface area is 198 Å². The first-order chi connectivity index (χ1) is 16.5. The molecule has 5 rings (SSSR count). The Hall–Kier alpha value is -4.04. The molecule has 34 heavy (non-hydrogen) atoms. The third kappa shape index (κ3) is 4.27. The maximum atomic E-state index is 13.4. The van der Waals surface area contributed by atoms with Crippen LogP contribution in [0.3, 0.4) is 0 Å². The van der Waals surface area contributed by atoms with Crippen molar-refractivity contribution in [2.75, 3.05) is 16.2 Å². The third-order valence-corrected chi connectivity index (χ3v) is 7.50. The minimum absolute atomic E-state index is 0.0764. The van der Waals surface area contributed by atoms with E-state index in [1.54, 1.807) is 12.1 Å². The number of rotatable bonds is 5. The van der Waals surface area contributed by atoms with E-state index in [1.807, 2.05) is 54.6 Å². The molecule has 7 nitrogen and oxygen atoms in total. The lowest BCUT2D eigenvalue weighted by atomic mass is 10.0. The van der Waals surface area contributed by atoms with Crippen LogP contribution in [-0.2, 0) is 16.4 Å². The molecule has 1 N–H and O–H groups in total. The third-order valence-electron chi connectivity index (χ3n) is 5.69. The zero-order chi connectivity index (χ0) is 23.5. The molecule has 0 saturated carbocycles. The van der Waals surface area contributed by atoms with Crippen molar-refractivity contribution < 1.29 is 13.2 Å². The number of aromatic nitrogens is 2. The number of para-hydroxylation sites is 1. The summed E-state index contributed by atoms with van der Waals surface area (Å²) in [6.45, 7) is 0.404. The molecule has 170 valence electrons. The Bertz CT molecular complexity index is 1440. The maximum absolute atomic E-state index is 13.4. The molecule has 3 aromatic carbocycles. The number of hydrogen-bond donors (Lipinski definition) is 1. The van der Waals surface area contributed by atoms with Crippen molar-refractivity contribution in [2.45, 2.75) is 17.7 Å². The summed E-state index contributed by atoms with van der Waals surface area (Å²) in [6, 6.07) is 23.1. The van der Waals surface area contributed by atoms with E-state index < -0.39 is 15.9 Å². The summed E-state index contributed by atoms with van der Waals surface area (Å²) in [5.41, 5.74) is 3.23. The predicted octanol–water partition coefficient (Wildman–Crippen LogP) is 4.54. The lowest BCUT2D eigenvalue weighted by Gasteiger charge is -2.30. The van der Waals surface area contributed by atoms with E-state index in [1.165, 1.54) is 28.8 Å². The first-order valence-corrected chi connectivity index (χ1v) is 12.4. The van der Waals surface area contributed by atoms with Gasteiger partial charge in [0.05, 0.1) is 28.7 Å². The average Bonchev–Trinajstić information content (AvgIpc) is 2.89. The van der Waals surface area contributed by atoms with Crippen LogP contribution in [0, 0.1) is 0 Å². The summed E-state index contributed by atoms with van der Waals surface area (Å²) in [4.78, 5) is 21.5. The van der Waals surface area contributed by atoms with Crippen molar-refractivity contribution in [2.24, 2.45) is 0 Å². The first-order valence-electron chi connectivity index (χ1n) is 10.9. The summed E-state index contributed by atoms with van der Waals surface area (Å²) in [7, 11) is -3.81. The largest absolute Gasteiger partial charge is 0.319 e. The van der Waals surface area contributed by atoms with Crippen LogP contribution in [0.2, 0.25) is 0 Å². The van der Waals surface area contributed by atoms with Crippen molar-refractivity contribution in [3.8, 4) is 11.4 Å². The maximum Gasteiger partial charge on any atom is 0.264 e. The average molecular weight is 471 g/mol. The molecule has 1 amide bonds. The normalized spacial score (nSPS) is 13.2. The molecule has 1 aromatic heterocycles. The molecule has 0 unspecified atom stereocenters. The molecule has 0 aliphatic carbocycles. The molecular weight excluding hydrogens is 448 g/mol. The van der Waals surface area contributed by atoms with E-state index >= 15 is 0 Å². The minimum Gasteiger partial charge on any atom is -0.319 e. The van der Waals surface area contributed by atoms with Crippen LogP contribution >= 0.6 is 0 Å². The fraction of sp³-hybridized carbons (Fsp3) is 0.115. The van der Waals surface area contributed by atoms with Gasteiger partial charge < -0.3 is 5.32 Å². The minimum atomic E-state index is -3.81. The lowest BCUT2D eigenvalue weighted by molar-refractivity contribution is 0.102. The van der Waals surface area contributed by atoms with E-state index in [2.05, 4.69) is 15.3 Å². The molecule has 0 bridgehead atoms. The summed E-state index contributed by atoms with van der Waals surface area (Å²) in [5.74, 6) is 0.112. The zero-order valence-corrected chi connectivity index (χ0v) is 19.1. The van der Waals surface area contributed by atoms with Crippen molar-refractivity contribution in [1.29, 1.82) is 0 Å². The fourth-order valence-corrected chi connectivity index (χ4v) is 5.59. The van der Waals surface area contributed by atoms with E-state index in [0.29, 0.717) is 23.7 Å². The number of amides is 1. The molecule has 1 aliphatic rings. The topological polar surface area (TPSA) is 92.3 Å². The number of fused-ring (bicyclic) bond motifs is 1. The monoisotopic (exact) mass is 470 g/mol. The van der Waals surface area contributed by atoms with Crippen LogP contribution in [0.15, 0.2) is 96.2 Å². The molecule has 1 aliphatic heterocycles. The SMILES string of the molecule is O=C(Nc1cnc(-c2ccccc2)nc1)c1cccc(S(=O)(=O)N2CCCc3ccccc32)c1. The van der Waals surface area contributed by atoms with Gasteiger partial charge >= 0.3 is 0 Å². The van der Waals surface area contributed by atoms with Crippen LogP contribution in [0.1, 0.15) is 22.3 Å². The molecule has 0 spiro atoms. The van der Waals surface area contributed by atoms with Crippen LogP contribution in [0.5, 0.6) is 0 Å². The number of anilines is 2. The van der Waals surface area contributed by atoms with E-state index in [0.717, 1.165) is 24.0 Å². The van der Waals surface area contributed by atoms with Gasteiger partial charge in [0.2, 0.25) is 0 Å². The number of nitrogens with zero attached hydrogens (tertiary/aromatic N) is 3. The Balaban J connectivity index is 1.36. The zero-order valence-electron chi connectivity index (χ0n) is 18.3. The standard InChI is InChI=1S/C26H22N4O3S/c31-26(29-22-17-27-25(28-18-22)20-9-2-1-3-10-20)21-11-6-13-23(16-21)34(32,33)30-15-7-12-19-8-4-5-14-24(19)30/h1-6,8-11,13-14,16-18H,7,12,15H2,(H,29,31). The molecule has 2 heterocycles. The number of carbonyl (C=O) groups excluding carboxylic acids is 1. The molecule has 8 heteroatoms. The molecule has 0 radical (unpaired) electrons. The number of aryl methyl sites for hydroxylation is 1. The number of carbonyl (C=O) groups is 1. The molecule has 0 saturated heterocycles. The van der Waals surface area contributed by atoms with E-state index in [9.17, 15) is 13.2 Å². The quantitative estimate of drug-likeness (QED) is 0.462. The van der Waals surface area contributed by atoms with Gasteiger partial charge in [-0.15, -0.1) is 0 Å². The fourth-order valence-electron chi connectivity index (χ4n) is 4.01. The number of sulfonamides is 1. The van der Waals surface area contributed by atoms with Crippen LogP contribution in [-0.4, -0.2) is 30.8 Å². The summed E-state index contributed by atoms with van der Waals surface area (Å²) in [5, 5.41) is 2.74. The van der Waals surface area contributed by atoms with Gasteiger partial charge in [0.15, 0.2) is 5.82 Å². The van der Waals surface area contributed by atoms with Crippen LogP contribution < -0.4 is 9.62 Å². The molecule has 0 atom stereocenters. The summed E-state index contributed by atoms with van der Waals surface area (Å²) in [6.07, 6.45) is 4.64. The predicted molar refractivity (Wildman–Crippen MR) is 131 cm³/mol. The van der Waals surface area contributed by atoms with Crippen LogP contribution in [0.25, 0.3) is 11.4 Å². The highest BCUT2D eigenvalue weighted by Gasteiger charge is 2.29. The van der Waals surface area contributed by atoms with E-state index in [4.69, 9.17) is 0 Å². The highest BCUT2D eigenvalue weighted by molar-refractivity contribution is 7.92.